The number of rotatable bonds is 7. The Kier molecular flexibility index (Phi) is 5.57. The fraction of sp³-hybridized carbons (Fsp3) is 0.500. The van der Waals surface area contributed by atoms with Crippen LogP contribution in [0, 0.1) is 0 Å². The lowest BCUT2D eigenvalue weighted by molar-refractivity contribution is 0.155. The average Bonchev–Trinajstić information content (AvgIpc) is 3.02. The lowest BCUT2D eigenvalue weighted by Gasteiger charge is -2.16. The minimum absolute atomic E-state index is 0.165. The molecule has 23 heavy (non-hydrogen) atoms. The predicted molar refractivity (Wildman–Crippen MR) is 86.5 cm³/mol. The van der Waals surface area contributed by atoms with Crippen molar-refractivity contribution in [1.29, 1.82) is 0 Å². The van der Waals surface area contributed by atoms with Crippen molar-refractivity contribution >= 4 is 0 Å². The van der Waals surface area contributed by atoms with E-state index in [1.165, 1.54) is 11.6 Å². The summed E-state index contributed by atoms with van der Waals surface area (Å²) in [5, 5.41) is 3.26. The molecule has 0 aliphatic rings. The van der Waals surface area contributed by atoms with E-state index in [1.54, 1.807) is 20.4 Å². The summed E-state index contributed by atoms with van der Waals surface area (Å²) < 4.78 is 13.5. The van der Waals surface area contributed by atoms with Gasteiger partial charge in [0.05, 0.1) is 12.6 Å². The van der Waals surface area contributed by atoms with Gasteiger partial charge in [-0.2, -0.15) is 0 Å². The summed E-state index contributed by atoms with van der Waals surface area (Å²) >= 11 is 0. The Hall–Kier alpha value is -2.12. The molecule has 0 spiro atoms. The quantitative estimate of drug-likeness (QED) is 0.813. The van der Waals surface area contributed by atoms with Gasteiger partial charge in [-0.05, 0) is 12.1 Å². The van der Waals surface area contributed by atoms with E-state index in [9.17, 15) is 9.59 Å². The van der Waals surface area contributed by atoms with Crippen LogP contribution in [0.3, 0.4) is 0 Å². The van der Waals surface area contributed by atoms with Crippen LogP contribution in [0.1, 0.15) is 30.0 Å². The van der Waals surface area contributed by atoms with E-state index in [0.29, 0.717) is 18.7 Å². The number of hydrogen-bond acceptors (Lipinski definition) is 5. The first-order valence-electron chi connectivity index (χ1n) is 7.54. The van der Waals surface area contributed by atoms with E-state index in [-0.39, 0.29) is 17.3 Å². The van der Waals surface area contributed by atoms with Crippen LogP contribution in [-0.4, -0.2) is 22.9 Å². The van der Waals surface area contributed by atoms with Gasteiger partial charge in [-0.3, -0.25) is 9.36 Å². The number of aryl methyl sites for hydroxylation is 2. The summed E-state index contributed by atoms with van der Waals surface area (Å²) in [5.74, 6) is 1.67. The molecule has 2 heterocycles. The van der Waals surface area contributed by atoms with E-state index in [4.69, 9.17) is 9.15 Å². The second-order valence-corrected chi connectivity index (χ2v) is 5.46. The van der Waals surface area contributed by atoms with Crippen molar-refractivity contribution in [2.45, 2.75) is 25.9 Å². The second-order valence-electron chi connectivity index (χ2n) is 5.46. The molecule has 126 valence electrons. The van der Waals surface area contributed by atoms with Gasteiger partial charge in [0.2, 0.25) is 0 Å². The van der Waals surface area contributed by atoms with Crippen LogP contribution >= 0.6 is 0 Å². The molecule has 0 amide bonds. The van der Waals surface area contributed by atoms with Crippen molar-refractivity contribution in [2.24, 2.45) is 14.1 Å². The molecule has 2 aromatic rings. The smallest absolute Gasteiger partial charge is 0.330 e. The average molecular weight is 321 g/mol. The van der Waals surface area contributed by atoms with Crippen LogP contribution in [0.5, 0.6) is 0 Å². The first-order valence-corrected chi connectivity index (χ1v) is 7.54. The number of aromatic nitrogens is 2. The standard InChI is InChI=1S/C16H23N3O4/c1-5-12-6-7-14(23-12)13(10-22-4)17-8-11-9-18(2)16(21)19(3)15(11)20/h6-7,9,13,17H,5,8,10H2,1-4H3. The zero-order valence-electron chi connectivity index (χ0n) is 14.0. The number of nitrogens with one attached hydrogen (secondary N) is 1. The minimum atomic E-state index is -0.342. The maximum atomic E-state index is 12.2. The number of ether oxygens (including phenoxy) is 1. The van der Waals surface area contributed by atoms with Crippen molar-refractivity contribution in [3.8, 4) is 0 Å². The highest BCUT2D eigenvalue weighted by atomic mass is 16.5. The number of hydrogen-bond donors (Lipinski definition) is 1. The van der Waals surface area contributed by atoms with Crippen molar-refractivity contribution in [2.75, 3.05) is 13.7 Å². The molecular weight excluding hydrogens is 298 g/mol. The van der Waals surface area contributed by atoms with Gasteiger partial charge in [0.15, 0.2) is 0 Å². The third-order valence-electron chi connectivity index (χ3n) is 3.76. The molecule has 0 aromatic carbocycles. The number of methoxy groups -OCH3 is 1. The number of furan rings is 1. The van der Waals surface area contributed by atoms with Crippen LogP contribution in [0.2, 0.25) is 0 Å². The molecule has 0 aliphatic carbocycles. The van der Waals surface area contributed by atoms with Gasteiger partial charge < -0.3 is 19.0 Å². The summed E-state index contributed by atoms with van der Waals surface area (Å²) in [6, 6.07) is 3.68. The van der Waals surface area contributed by atoms with E-state index >= 15 is 0 Å². The summed E-state index contributed by atoms with van der Waals surface area (Å²) in [7, 11) is 4.71. The summed E-state index contributed by atoms with van der Waals surface area (Å²) in [4.78, 5) is 23.9. The predicted octanol–water partition coefficient (Wildman–Crippen LogP) is 0.717. The van der Waals surface area contributed by atoms with Crippen molar-refractivity contribution in [3.63, 3.8) is 0 Å². The Morgan fingerprint density at radius 3 is 2.65 bits per heavy atom. The molecule has 0 saturated carbocycles. The van der Waals surface area contributed by atoms with Gasteiger partial charge >= 0.3 is 5.69 Å². The van der Waals surface area contributed by atoms with Gasteiger partial charge in [0.1, 0.15) is 11.5 Å². The molecule has 0 bridgehead atoms. The molecule has 0 radical (unpaired) electrons. The highest BCUT2D eigenvalue weighted by molar-refractivity contribution is 5.12. The lowest BCUT2D eigenvalue weighted by atomic mass is 10.2. The van der Waals surface area contributed by atoms with Gasteiger partial charge in [0.25, 0.3) is 5.56 Å². The Morgan fingerprint density at radius 2 is 2.04 bits per heavy atom. The lowest BCUT2D eigenvalue weighted by Crippen LogP contribution is -2.40. The molecule has 7 heteroatoms. The molecule has 1 unspecified atom stereocenters. The molecule has 7 nitrogen and oxygen atoms in total. The van der Waals surface area contributed by atoms with E-state index in [1.807, 2.05) is 19.1 Å². The molecule has 0 aliphatic heterocycles. The Morgan fingerprint density at radius 1 is 1.30 bits per heavy atom. The Balaban J connectivity index is 2.19. The van der Waals surface area contributed by atoms with E-state index < -0.39 is 0 Å². The topological polar surface area (TPSA) is 78.4 Å². The molecular formula is C16H23N3O4. The fourth-order valence-corrected chi connectivity index (χ4v) is 2.42. The fourth-order valence-electron chi connectivity index (χ4n) is 2.42. The van der Waals surface area contributed by atoms with Crippen LogP contribution in [0.4, 0.5) is 0 Å². The van der Waals surface area contributed by atoms with Gasteiger partial charge in [0, 0.05) is 45.9 Å². The second kappa shape index (κ2) is 7.43. The Labute approximate surface area is 134 Å². The zero-order valence-corrected chi connectivity index (χ0v) is 14.0. The van der Waals surface area contributed by atoms with E-state index in [2.05, 4.69) is 5.32 Å². The molecule has 0 saturated heterocycles. The van der Waals surface area contributed by atoms with Crippen LogP contribution in [0.15, 0.2) is 32.3 Å². The molecule has 1 atom stereocenters. The Bertz CT molecular complexity index is 772. The first-order chi connectivity index (χ1) is 11.0. The molecule has 2 rings (SSSR count). The van der Waals surface area contributed by atoms with Gasteiger partial charge in [-0.1, -0.05) is 6.92 Å². The third-order valence-corrected chi connectivity index (χ3v) is 3.76. The van der Waals surface area contributed by atoms with Crippen LogP contribution in [0.25, 0.3) is 0 Å². The maximum Gasteiger partial charge on any atom is 0.330 e. The monoisotopic (exact) mass is 321 g/mol. The number of nitrogens with zero attached hydrogens (tertiary/aromatic N) is 2. The largest absolute Gasteiger partial charge is 0.464 e. The zero-order chi connectivity index (χ0) is 17.0. The molecule has 0 fully saturated rings. The van der Waals surface area contributed by atoms with Gasteiger partial charge in [-0.25, -0.2) is 4.79 Å². The van der Waals surface area contributed by atoms with Crippen molar-refractivity contribution < 1.29 is 9.15 Å². The summed E-state index contributed by atoms with van der Waals surface area (Å²) in [6.07, 6.45) is 2.38. The van der Waals surface area contributed by atoms with Crippen molar-refractivity contribution in [1.82, 2.24) is 14.5 Å². The highest BCUT2D eigenvalue weighted by Gasteiger charge is 2.16. The van der Waals surface area contributed by atoms with Crippen LogP contribution < -0.4 is 16.6 Å². The van der Waals surface area contributed by atoms with Gasteiger partial charge in [-0.15, -0.1) is 0 Å². The van der Waals surface area contributed by atoms with Crippen molar-refractivity contribution in [3.05, 3.63) is 56.3 Å². The minimum Gasteiger partial charge on any atom is -0.464 e. The van der Waals surface area contributed by atoms with E-state index in [0.717, 1.165) is 22.5 Å². The summed E-state index contributed by atoms with van der Waals surface area (Å²) in [5.41, 5.74) is -0.130. The SMILES string of the molecule is CCc1ccc(C(COC)NCc2cn(C)c(=O)n(C)c2=O)o1. The normalized spacial score (nSPS) is 12.5. The third kappa shape index (κ3) is 3.80. The molecule has 2 aromatic heterocycles. The first kappa shape index (κ1) is 17.2. The highest BCUT2D eigenvalue weighted by Crippen LogP contribution is 2.17. The maximum absolute atomic E-state index is 12.2. The van der Waals surface area contributed by atoms with Crippen LogP contribution in [-0.2, 0) is 31.8 Å². The molecule has 1 N–H and O–H groups in total. The summed E-state index contributed by atoms with van der Waals surface area (Å²) in [6.45, 7) is 2.76.